The van der Waals surface area contributed by atoms with Crippen molar-refractivity contribution in [3.05, 3.63) is 120 Å². The van der Waals surface area contributed by atoms with E-state index in [0.29, 0.717) is 53.2 Å². The molecule has 1 unspecified atom stereocenters. The second-order valence-corrected chi connectivity index (χ2v) is 14.1. The number of carbonyl (C=O) groups excluding carboxylic acids is 1. The Labute approximate surface area is 277 Å². The van der Waals surface area contributed by atoms with E-state index < -0.39 is 26.4 Å². The first-order chi connectivity index (χ1) is 23.0. The van der Waals surface area contributed by atoms with Gasteiger partial charge in [0.05, 0.1) is 24.1 Å². The third kappa shape index (κ3) is 6.52. The summed E-state index contributed by atoms with van der Waals surface area (Å²) in [6.45, 7) is 5.22. The third-order valence-electron chi connectivity index (χ3n) is 8.31. The van der Waals surface area contributed by atoms with Crippen LogP contribution in [0.4, 0.5) is 8.78 Å². The van der Waals surface area contributed by atoms with Gasteiger partial charge in [-0.2, -0.15) is 0 Å². The summed E-state index contributed by atoms with van der Waals surface area (Å²) in [5.74, 6) is -0.411. The summed E-state index contributed by atoms with van der Waals surface area (Å²) >= 11 is 0. The summed E-state index contributed by atoms with van der Waals surface area (Å²) in [5.41, 5.74) is 3.52. The van der Waals surface area contributed by atoms with Crippen molar-refractivity contribution in [2.24, 2.45) is 0 Å². The Kier molecular flexibility index (Phi) is 9.02. The van der Waals surface area contributed by atoms with Crippen molar-refractivity contribution in [1.29, 1.82) is 0 Å². The van der Waals surface area contributed by atoms with E-state index in [4.69, 9.17) is 9.47 Å². The number of aromatic nitrogens is 4. The summed E-state index contributed by atoms with van der Waals surface area (Å²) in [5, 5.41) is 0.572. The minimum Gasteiger partial charge on any atom is -0.466 e. The van der Waals surface area contributed by atoms with Crippen molar-refractivity contribution in [2.75, 3.05) is 6.61 Å². The van der Waals surface area contributed by atoms with Crippen LogP contribution in [-0.2, 0) is 32.4 Å². The summed E-state index contributed by atoms with van der Waals surface area (Å²) in [6, 6.07) is 16.4. The Balaban J connectivity index is 1.18. The minimum absolute atomic E-state index is 0.0249. The van der Waals surface area contributed by atoms with E-state index in [9.17, 15) is 17.6 Å². The van der Waals surface area contributed by atoms with Crippen molar-refractivity contribution in [1.82, 2.24) is 18.9 Å². The Bertz CT molecular complexity index is 2190. The number of hydrogen-bond donors (Lipinski definition) is 1. The predicted molar refractivity (Wildman–Crippen MR) is 178 cm³/mol. The average Bonchev–Trinajstić information content (AvgIpc) is 3.70. The van der Waals surface area contributed by atoms with Gasteiger partial charge in [0.2, 0.25) is 0 Å². The molecule has 12 heteroatoms. The standard InChI is InChI=1S/C36H34F2N4O5S/c1-4-46-34(43)13-8-25-6-5-7-26(40-25)20-27-22-39-35(41-27)30-21-29(9-11-31(30)37)47-28-10-12-32-24(19-28)15-17-42(32)48(44,45)36(3)16-14-23(2)18-33(36)38/h5-7,9-12,14-15,17-19,21-22H,4,8,13,16,20H2,1-3H3,(H,39,41). The SMILES string of the molecule is CCOC(=O)CCc1cccc(Cc2cnc(-c3cc(Oc4ccc5c(ccn5S(=O)(=O)C5(C)CC=C(C)C=C5F)c4)ccc3F)[nH]2)n1. The molecule has 1 aliphatic carbocycles. The molecule has 248 valence electrons. The molecule has 6 rings (SSSR count). The molecule has 3 aromatic heterocycles. The van der Waals surface area contributed by atoms with Gasteiger partial charge in [0.1, 0.15) is 33.7 Å². The van der Waals surface area contributed by atoms with Gasteiger partial charge in [-0.25, -0.2) is 26.2 Å². The highest BCUT2D eigenvalue weighted by Gasteiger charge is 2.45. The van der Waals surface area contributed by atoms with E-state index in [0.717, 1.165) is 21.1 Å². The molecule has 2 aromatic carbocycles. The molecular formula is C36H34F2N4O5S. The number of aromatic amines is 1. The van der Waals surface area contributed by atoms with E-state index in [-0.39, 0.29) is 24.4 Å². The summed E-state index contributed by atoms with van der Waals surface area (Å²) in [6.07, 6.45) is 7.16. The lowest BCUT2D eigenvalue weighted by Gasteiger charge is -2.30. The highest BCUT2D eigenvalue weighted by molar-refractivity contribution is 7.91. The second kappa shape index (κ2) is 13.2. The number of allylic oxidation sites excluding steroid dienone is 3. The molecule has 0 fully saturated rings. The molecule has 1 N–H and O–H groups in total. The highest BCUT2D eigenvalue weighted by atomic mass is 32.2. The maximum atomic E-state index is 15.0. The number of benzene rings is 2. The third-order valence-corrected chi connectivity index (χ3v) is 10.6. The first-order valence-electron chi connectivity index (χ1n) is 15.5. The molecule has 9 nitrogen and oxygen atoms in total. The number of imidazole rings is 1. The fraction of sp³-hybridized carbons (Fsp3) is 0.250. The number of carbonyl (C=O) groups is 1. The van der Waals surface area contributed by atoms with Gasteiger partial charge in [0.25, 0.3) is 10.0 Å². The lowest BCUT2D eigenvalue weighted by Crippen LogP contribution is -2.40. The zero-order chi connectivity index (χ0) is 34.1. The number of H-pyrrole nitrogens is 1. The topological polar surface area (TPSA) is 116 Å². The van der Waals surface area contributed by atoms with Gasteiger partial charge in [-0.3, -0.25) is 9.78 Å². The van der Waals surface area contributed by atoms with Gasteiger partial charge >= 0.3 is 5.97 Å². The zero-order valence-corrected chi connectivity index (χ0v) is 27.5. The number of fused-ring (bicyclic) bond motifs is 1. The molecule has 0 saturated heterocycles. The number of nitrogens with zero attached hydrogens (tertiary/aromatic N) is 3. The van der Waals surface area contributed by atoms with Crippen LogP contribution in [-0.4, -0.2) is 44.7 Å². The number of rotatable bonds is 11. The molecule has 5 aromatic rings. The number of nitrogens with one attached hydrogen (secondary N) is 1. The Morgan fingerprint density at radius 1 is 1.06 bits per heavy atom. The molecule has 1 atom stereocenters. The van der Waals surface area contributed by atoms with Crippen LogP contribution in [0.3, 0.4) is 0 Å². The molecule has 0 spiro atoms. The Morgan fingerprint density at radius 3 is 2.62 bits per heavy atom. The fourth-order valence-corrected chi connectivity index (χ4v) is 7.25. The summed E-state index contributed by atoms with van der Waals surface area (Å²) in [7, 11) is -4.14. The van der Waals surface area contributed by atoms with E-state index in [2.05, 4.69) is 15.0 Å². The molecule has 48 heavy (non-hydrogen) atoms. The smallest absolute Gasteiger partial charge is 0.306 e. The number of hydrogen-bond acceptors (Lipinski definition) is 7. The summed E-state index contributed by atoms with van der Waals surface area (Å²) in [4.78, 5) is 23.9. The van der Waals surface area contributed by atoms with Crippen molar-refractivity contribution >= 4 is 26.9 Å². The molecule has 0 amide bonds. The van der Waals surface area contributed by atoms with Crippen molar-refractivity contribution in [2.45, 2.75) is 51.2 Å². The van der Waals surface area contributed by atoms with Gasteiger partial charge in [-0.15, -0.1) is 0 Å². The van der Waals surface area contributed by atoms with Crippen LogP contribution in [0.2, 0.25) is 0 Å². The largest absolute Gasteiger partial charge is 0.466 e. The number of pyridine rings is 1. The van der Waals surface area contributed by atoms with E-state index in [1.807, 2.05) is 18.2 Å². The van der Waals surface area contributed by atoms with Crippen molar-refractivity contribution in [3.8, 4) is 22.9 Å². The van der Waals surface area contributed by atoms with E-state index in [1.54, 1.807) is 50.4 Å². The normalized spacial score (nSPS) is 16.4. The van der Waals surface area contributed by atoms with Gasteiger partial charge in [-0.1, -0.05) is 17.7 Å². The number of esters is 1. The Hall–Kier alpha value is -5.10. The fourth-order valence-electron chi connectivity index (χ4n) is 5.58. The van der Waals surface area contributed by atoms with Crippen LogP contribution in [0.25, 0.3) is 22.3 Å². The van der Waals surface area contributed by atoms with Crippen LogP contribution in [0.1, 0.15) is 50.7 Å². The number of ether oxygens (including phenoxy) is 2. The first kappa shape index (κ1) is 32.8. The van der Waals surface area contributed by atoms with Gasteiger partial charge in [0, 0.05) is 47.7 Å². The van der Waals surface area contributed by atoms with Crippen LogP contribution in [0, 0.1) is 5.82 Å². The molecule has 0 saturated carbocycles. The van der Waals surface area contributed by atoms with Crippen LogP contribution in [0.5, 0.6) is 11.5 Å². The van der Waals surface area contributed by atoms with Gasteiger partial charge in [-0.05, 0) is 87.9 Å². The maximum absolute atomic E-state index is 15.0. The van der Waals surface area contributed by atoms with Crippen LogP contribution >= 0.6 is 0 Å². The molecule has 0 bridgehead atoms. The van der Waals surface area contributed by atoms with Crippen molar-refractivity contribution < 1.29 is 31.5 Å². The average molecular weight is 673 g/mol. The maximum Gasteiger partial charge on any atom is 0.306 e. The quantitative estimate of drug-likeness (QED) is 0.144. The predicted octanol–water partition coefficient (Wildman–Crippen LogP) is 7.58. The molecule has 1 aliphatic rings. The van der Waals surface area contributed by atoms with E-state index in [1.165, 1.54) is 37.4 Å². The minimum atomic E-state index is -4.14. The first-order valence-corrected chi connectivity index (χ1v) is 16.9. The van der Waals surface area contributed by atoms with Crippen LogP contribution < -0.4 is 4.74 Å². The highest BCUT2D eigenvalue weighted by Crippen LogP contribution is 2.39. The van der Waals surface area contributed by atoms with E-state index >= 15 is 4.39 Å². The number of aryl methyl sites for hydroxylation is 1. The van der Waals surface area contributed by atoms with Gasteiger partial charge < -0.3 is 14.5 Å². The lowest BCUT2D eigenvalue weighted by molar-refractivity contribution is -0.143. The van der Waals surface area contributed by atoms with Crippen LogP contribution in [0.15, 0.2) is 96.6 Å². The second-order valence-electron chi connectivity index (χ2n) is 11.8. The summed E-state index contributed by atoms with van der Waals surface area (Å²) < 4.78 is 67.7. The van der Waals surface area contributed by atoms with Crippen molar-refractivity contribution in [3.63, 3.8) is 0 Å². The lowest BCUT2D eigenvalue weighted by atomic mass is 9.97. The molecule has 3 heterocycles. The van der Waals surface area contributed by atoms with Gasteiger partial charge in [0.15, 0.2) is 0 Å². The monoisotopic (exact) mass is 672 g/mol. The molecular weight excluding hydrogens is 638 g/mol. The number of halogens is 2. The molecule has 0 radical (unpaired) electrons. The molecule has 0 aliphatic heterocycles. The Morgan fingerprint density at radius 2 is 1.83 bits per heavy atom. The zero-order valence-electron chi connectivity index (χ0n) is 26.7.